The van der Waals surface area contributed by atoms with E-state index in [1.807, 2.05) is 0 Å². The number of aromatic amines is 1. The molecular weight excluding hydrogens is 368 g/mol. The lowest BCUT2D eigenvalue weighted by Crippen LogP contribution is -2.33. The van der Waals surface area contributed by atoms with Crippen LogP contribution in [0.5, 0.6) is 0 Å². The third-order valence-electron chi connectivity index (χ3n) is 4.52. The fraction of sp³-hybridized carbons (Fsp3) is 0.611. The van der Waals surface area contributed by atoms with Crippen molar-refractivity contribution in [3.05, 3.63) is 38.7 Å². The maximum Gasteiger partial charge on any atom is 0.330 e. The van der Waals surface area contributed by atoms with E-state index < -0.39 is 29.7 Å². The van der Waals surface area contributed by atoms with Gasteiger partial charge in [-0.1, -0.05) is 12.8 Å². The van der Waals surface area contributed by atoms with E-state index in [2.05, 4.69) is 15.4 Å². The molecule has 1 aliphatic heterocycles. The average molecular weight is 397 g/mol. The summed E-state index contributed by atoms with van der Waals surface area (Å²) in [5, 5.41) is 16.9. The molecule has 1 fully saturated rings. The normalized spacial score (nSPS) is 22.5. The molecule has 10 heteroatoms. The lowest BCUT2D eigenvalue weighted by Gasteiger charge is -2.14. The Hall–Kier alpha value is -2.27. The molecule has 1 unspecified atom stereocenters. The minimum absolute atomic E-state index is 0.0981. The van der Waals surface area contributed by atoms with Crippen LogP contribution in [-0.2, 0) is 9.53 Å². The number of H-pyrrole nitrogens is 1. The number of carbonyl (C=O) groups is 1. The molecule has 2 heterocycles. The second-order valence-electron chi connectivity index (χ2n) is 6.68. The van der Waals surface area contributed by atoms with Crippen LogP contribution in [0.25, 0.3) is 6.08 Å². The maximum absolute atomic E-state index is 12.1. The Bertz CT molecular complexity index is 808. The molecule has 0 aromatic carbocycles. The monoisotopic (exact) mass is 397 g/mol. The van der Waals surface area contributed by atoms with Crippen molar-refractivity contribution >= 4 is 12.0 Å². The number of aliphatic hydroxyl groups is 2. The SMILES string of the molecule is [2H]OC[C@H]1O[C@@H](n2cc(/C=C/C(=O)NCCCCCCN)c(=O)[nH]c2=O)CC1O. The molecule has 10 nitrogen and oxygen atoms in total. The molecule has 1 aromatic rings. The second-order valence-corrected chi connectivity index (χ2v) is 6.68. The van der Waals surface area contributed by atoms with E-state index in [4.69, 9.17) is 11.9 Å². The molecule has 0 radical (unpaired) electrons. The summed E-state index contributed by atoms with van der Waals surface area (Å²) in [5.74, 6) is -0.346. The van der Waals surface area contributed by atoms with Crippen LogP contribution in [0, 0.1) is 0 Å². The van der Waals surface area contributed by atoms with Gasteiger partial charge in [0.05, 0.1) is 18.3 Å². The molecule has 0 spiro atoms. The maximum atomic E-state index is 12.1. The summed E-state index contributed by atoms with van der Waals surface area (Å²) in [6.07, 6.45) is 5.26. The number of nitrogens with two attached hydrogens (primary N) is 1. The predicted molar refractivity (Wildman–Crippen MR) is 103 cm³/mol. The second kappa shape index (κ2) is 10.9. The van der Waals surface area contributed by atoms with Crippen LogP contribution >= 0.6 is 0 Å². The van der Waals surface area contributed by atoms with Crippen molar-refractivity contribution in [1.29, 1.82) is 1.43 Å². The topological polar surface area (TPSA) is 160 Å². The van der Waals surface area contributed by atoms with Crippen LogP contribution < -0.4 is 22.3 Å². The Balaban J connectivity index is 1.98. The van der Waals surface area contributed by atoms with Crippen molar-refractivity contribution in [3.8, 4) is 0 Å². The number of hydrogen-bond donors (Lipinski definition) is 5. The lowest BCUT2D eigenvalue weighted by molar-refractivity contribution is -0.116. The van der Waals surface area contributed by atoms with Crippen LogP contribution in [0.4, 0.5) is 0 Å². The molecule has 1 aromatic heterocycles. The van der Waals surface area contributed by atoms with E-state index in [0.717, 1.165) is 30.3 Å². The minimum Gasteiger partial charge on any atom is -0.394 e. The largest absolute Gasteiger partial charge is 0.394 e. The first-order chi connectivity index (χ1) is 14.0. The zero-order valence-corrected chi connectivity index (χ0v) is 15.6. The van der Waals surface area contributed by atoms with Crippen molar-refractivity contribution in [2.75, 3.05) is 19.7 Å². The average Bonchev–Trinajstić information content (AvgIpc) is 3.04. The number of aliphatic hydroxyl groups excluding tert-OH is 2. The number of rotatable bonds is 11. The van der Waals surface area contributed by atoms with Gasteiger partial charge in [0.2, 0.25) is 7.34 Å². The lowest BCUT2D eigenvalue weighted by atomic mass is 10.2. The van der Waals surface area contributed by atoms with Gasteiger partial charge in [-0.3, -0.25) is 19.1 Å². The molecule has 3 atom stereocenters. The molecule has 1 aliphatic rings. The zero-order chi connectivity index (χ0) is 21.2. The first kappa shape index (κ1) is 20.5. The van der Waals surface area contributed by atoms with Gasteiger partial charge in [-0.05, 0) is 25.5 Å². The van der Waals surface area contributed by atoms with Gasteiger partial charge in [0.1, 0.15) is 12.3 Å². The highest BCUT2D eigenvalue weighted by molar-refractivity contribution is 5.91. The number of hydrogen-bond acceptors (Lipinski definition) is 7. The molecule has 1 saturated heterocycles. The zero-order valence-electron chi connectivity index (χ0n) is 16.6. The molecule has 0 aliphatic carbocycles. The van der Waals surface area contributed by atoms with Gasteiger partial charge in [0, 0.05) is 25.2 Å². The van der Waals surface area contributed by atoms with Gasteiger partial charge in [-0.25, -0.2) is 4.79 Å². The molecule has 2 rings (SSSR count). The molecular formula is C18H28N4O6. The smallest absolute Gasteiger partial charge is 0.330 e. The van der Waals surface area contributed by atoms with Gasteiger partial charge in [-0.15, -0.1) is 0 Å². The highest BCUT2D eigenvalue weighted by Gasteiger charge is 2.35. The molecule has 0 saturated carbocycles. The number of amides is 1. The molecule has 28 heavy (non-hydrogen) atoms. The summed E-state index contributed by atoms with van der Waals surface area (Å²) in [6.45, 7) is 1.04. The third kappa shape index (κ3) is 6.13. The van der Waals surface area contributed by atoms with Gasteiger partial charge in [-0.2, -0.15) is 0 Å². The van der Waals surface area contributed by atoms with E-state index in [1.54, 1.807) is 0 Å². The summed E-state index contributed by atoms with van der Waals surface area (Å²) in [5.41, 5.74) is 4.19. The van der Waals surface area contributed by atoms with E-state index >= 15 is 0 Å². The summed E-state index contributed by atoms with van der Waals surface area (Å²) in [6, 6.07) is 0. The van der Waals surface area contributed by atoms with E-state index in [-0.39, 0.29) is 24.5 Å². The van der Waals surface area contributed by atoms with Crippen LogP contribution in [0.3, 0.4) is 0 Å². The summed E-state index contributed by atoms with van der Waals surface area (Å²) in [4.78, 5) is 38.2. The first-order valence-corrected chi connectivity index (χ1v) is 9.39. The van der Waals surface area contributed by atoms with Crippen molar-refractivity contribution < 1.29 is 19.7 Å². The van der Waals surface area contributed by atoms with E-state index in [0.29, 0.717) is 13.1 Å². The van der Waals surface area contributed by atoms with Crippen LogP contribution in [-0.4, -0.2) is 59.0 Å². The Morgan fingerprint density at radius 2 is 2.21 bits per heavy atom. The Morgan fingerprint density at radius 3 is 2.96 bits per heavy atom. The Kier molecular flexibility index (Phi) is 7.97. The molecule has 6 N–H and O–H groups in total. The van der Waals surface area contributed by atoms with Gasteiger partial charge in [0.25, 0.3) is 5.56 Å². The third-order valence-corrected chi connectivity index (χ3v) is 4.52. The van der Waals surface area contributed by atoms with Gasteiger partial charge >= 0.3 is 5.69 Å². The van der Waals surface area contributed by atoms with E-state index in [9.17, 15) is 19.5 Å². The standard InChI is InChI=1S/C18H28N4O6/c19-7-3-1-2-4-8-20-15(25)6-5-12-10-22(18(27)21-17(12)26)16-9-13(24)14(11-23)28-16/h5-6,10,13-14,16,23-24H,1-4,7-9,11,19H2,(H,20,25)(H,21,26,27)/b6-5+/t13?,14-,16-/m1/s1/i23D. The fourth-order valence-corrected chi connectivity index (χ4v) is 2.93. The number of carbonyl (C=O) groups excluding carboxylic acids is 1. The molecule has 1 amide bonds. The summed E-state index contributed by atoms with van der Waals surface area (Å²) >= 11 is 0. The Morgan fingerprint density at radius 1 is 1.43 bits per heavy atom. The van der Waals surface area contributed by atoms with Crippen LogP contribution in [0.2, 0.25) is 0 Å². The van der Waals surface area contributed by atoms with E-state index in [1.165, 1.54) is 18.3 Å². The summed E-state index contributed by atoms with van der Waals surface area (Å²) in [7, 11) is 0. The predicted octanol–water partition coefficient (Wildman–Crippen LogP) is -1.17. The number of aromatic nitrogens is 2. The van der Waals surface area contributed by atoms with Crippen molar-refractivity contribution in [1.82, 2.24) is 14.9 Å². The van der Waals surface area contributed by atoms with Crippen molar-refractivity contribution in [3.63, 3.8) is 0 Å². The molecule has 156 valence electrons. The molecule has 0 bridgehead atoms. The number of nitrogens with one attached hydrogen (secondary N) is 2. The number of unbranched alkanes of at least 4 members (excludes halogenated alkanes) is 3. The highest BCUT2D eigenvalue weighted by atomic mass is 16.5. The van der Waals surface area contributed by atoms with Crippen molar-refractivity contribution in [2.45, 2.75) is 50.5 Å². The summed E-state index contributed by atoms with van der Waals surface area (Å²) < 4.78 is 13.4. The Labute approximate surface area is 163 Å². The van der Waals surface area contributed by atoms with Crippen molar-refractivity contribution in [2.24, 2.45) is 5.73 Å². The number of ether oxygens (including phenoxy) is 1. The quantitative estimate of drug-likeness (QED) is 0.232. The van der Waals surface area contributed by atoms with Gasteiger partial charge in [0.15, 0.2) is 0 Å². The van der Waals surface area contributed by atoms with Crippen LogP contribution in [0.1, 0.15) is 43.9 Å². The number of nitrogens with zero attached hydrogens (tertiary/aromatic N) is 1. The first-order valence-electron chi connectivity index (χ1n) is 9.80. The fourth-order valence-electron chi connectivity index (χ4n) is 2.93. The minimum atomic E-state index is -0.904. The highest BCUT2D eigenvalue weighted by Crippen LogP contribution is 2.27. The van der Waals surface area contributed by atoms with Gasteiger partial charge < -0.3 is 26.0 Å². The van der Waals surface area contributed by atoms with Crippen LogP contribution in [0.15, 0.2) is 21.9 Å².